The van der Waals surface area contributed by atoms with Crippen LogP contribution in [0.1, 0.15) is 58.7 Å². The summed E-state index contributed by atoms with van der Waals surface area (Å²) in [5, 5.41) is 0. The van der Waals surface area contributed by atoms with Crippen molar-refractivity contribution in [2.75, 3.05) is 0 Å². The van der Waals surface area contributed by atoms with Crippen LogP contribution in [0, 0.1) is 0 Å². The minimum atomic E-state index is -0.898. The third-order valence-corrected chi connectivity index (χ3v) is 9.63. The van der Waals surface area contributed by atoms with Crippen LogP contribution in [0.2, 0.25) is 0 Å². The van der Waals surface area contributed by atoms with Crippen molar-refractivity contribution in [3.63, 3.8) is 0 Å². The molecule has 0 aliphatic carbocycles. The lowest BCUT2D eigenvalue weighted by Gasteiger charge is -2.36. The molecule has 0 atom stereocenters. The lowest BCUT2D eigenvalue weighted by atomic mass is 9.62. The molecule has 0 fully saturated rings. The Bertz CT molecular complexity index is 1940. The molecule has 0 saturated heterocycles. The smallest absolute Gasteiger partial charge is 0.147 e. The van der Waals surface area contributed by atoms with Gasteiger partial charge in [0, 0.05) is 22.3 Å². The number of ether oxygens (including phenoxy) is 1. The highest BCUT2D eigenvalue weighted by atomic mass is 16.5. The summed E-state index contributed by atoms with van der Waals surface area (Å²) in [6, 6.07) is 63.5. The Kier molecular flexibility index (Phi) is 6.93. The van der Waals surface area contributed by atoms with Gasteiger partial charge in [-0.05, 0) is 44.9 Å². The molecule has 0 unspecified atom stereocenters. The van der Waals surface area contributed by atoms with Crippen molar-refractivity contribution >= 4 is 22.3 Å². The van der Waals surface area contributed by atoms with Crippen LogP contribution in [0.25, 0.3) is 22.3 Å². The van der Waals surface area contributed by atoms with Crippen molar-refractivity contribution in [3.05, 3.63) is 215 Å². The van der Waals surface area contributed by atoms with E-state index in [1.807, 2.05) is 0 Å². The highest BCUT2D eigenvalue weighted by molar-refractivity contribution is 6.21. The van der Waals surface area contributed by atoms with Crippen LogP contribution in [0.4, 0.5) is 0 Å². The molecule has 2 aliphatic rings. The zero-order valence-electron chi connectivity index (χ0n) is 26.2. The molecular formula is C45H36O. The third-order valence-electron chi connectivity index (χ3n) is 9.63. The van der Waals surface area contributed by atoms with Gasteiger partial charge < -0.3 is 4.74 Å². The molecule has 6 aromatic rings. The summed E-state index contributed by atoms with van der Waals surface area (Å²) in [5.41, 5.74) is 11.2. The molecule has 1 nitrogen and oxygen atoms in total. The molecule has 0 radical (unpaired) electrons. The first kappa shape index (κ1) is 28.2. The van der Waals surface area contributed by atoms with Gasteiger partial charge in [0.05, 0.1) is 0 Å². The molecule has 222 valence electrons. The Morgan fingerprint density at radius 1 is 0.348 bits per heavy atom. The van der Waals surface area contributed by atoms with Gasteiger partial charge in [0.25, 0.3) is 0 Å². The SMILES string of the molecule is CC(C)c1ccc(C23OC(c4ccccc4)(C(c4ccccc4)=C2c2ccccc2)C(c2ccccc2)=C3c2ccccc2)cc1. The number of benzene rings is 6. The van der Waals surface area contributed by atoms with E-state index >= 15 is 0 Å². The second-order valence-electron chi connectivity index (χ2n) is 12.6. The molecule has 0 spiro atoms. The van der Waals surface area contributed by atoms with Gasteiger partial charge in [-0.25, -0.2) is 0 Å². The summed E-state index contributed by atoms with van der Waals surface area (Å²) >= 11 is 0. The topological polar surface area (TPSA) is 9.23 Å². The maximum atomic E-state index is 8.04. The summed E-state index contributed by atoms with van der Waals surface area (Å²) in [7, 11) is 0. The minimum absolute atomic E-state index is 0.427. The normalized spacial score (nSPS) is 20.5. The first-order chi connectivity index (χ1) is 22.6. The molecule has 8 rings (SSSR count). The highest BCUT2D eigenvalue weighted by Crippen LogP contribution is 2.74. The Balaban J connectivity index is 1.62. The Morgan fingerprint density at radius 3 is 0.935 bits per heavy atom. The molecule has 2 aliphatic heterocycles. The minimum Gasteiger partial charge on any atom is -0.340 e. The fourth-order valence-electron chi connectivity index (χ4n) is 7.67. The zero-order chi connectivity index (χ0) is 31.1. The van der Waals surface area contributed by atoms with E-state index in [1.54, 1.807) is 0 Å². The van der Waals surface area contributed by atoms with Gasteiger partial charge in [-0.1, -0.05) is 190 Å². The summed E-state index contributed by atoms with van der Waals surface area (Å²) in [6.45, 7) is 4.50. The van der Waals surface area contributed by atoms with Crippen molar-refractivity contribution in [3.8, 4) is 0 Å². The average molecular weight is 593 g/mol. The van der Waals surface area contributed by atoms with E-state index in [2.05, 4.69) is 190 Å². The van der Waals surface area contributed by atoms with Gasteiger partial charge in [-0.2, -0.15) is 0 Å². The lowest BCUT2D eigenvalue weighted by molar-refractivity contribution is -0.00538. The highest BCUT2D eigenvalue weighted by Gasteiger charge is 2.67. The van der Waals surface area contributed by atoms with Crippen LogP contribution in [0.15, 0.2) is 176 Å². The van der Waals surface area contributed by atoms with Crippen LogP contribution in [0.5, 0.6) is 0 Å². The molecule has 0 aromatic heterocycles. The molecule has 0 N–H and O–H groups in total. The Labute approximate surface area is 272 Å². The van der Waals surface area contributed by atoms with Crippen LogP contribution in [-0.2, 0) is 15.9 Å². The largest absolute Gasteiger partial charge is 0.340 e. The summed E-state index contributed by atoms with van der Waals surface area (Å²) in [6.07, 6.45) is 0. The van der Waals surface area contributed by atoms with E-state index in [0.29, 0.717) is 5.92 Å². The Morgan fingerprint density at radius 2 is 0.630 bits per heavy atom. The maximum Gasteiger partial charge on any atom is 0.147 e. The van der Waals surface area contributed by atoms with Gasteiger partial charge in [-0.3, -0.25) is 0 Å². The number of rotatable bonds is 7. The molecule has 2 bridgehead atoms. The zero-order valence-corrected chi connectivity index (χ0v) is 26.2. The maximum absolute atomic E-state index is 8.04. The van der Waals surface area contributed by atoms with Gasteiger partial charge in [-0.15, -0.1) is 0 Å². The van der Waals surface area contributed by atoms with Crippen LogP contribution < -0.4 is 0 Å². The van der Waals surface area contributed by atoms with E-state index in [9.17, 15) is 0 Å². The second kappa shape index (κ2) is 11.3. The molecule has 0 saturated carbocycles. The van der Waals surface area contributed by atoms with Crippen molar-refractivity contribution in [2.24, 2.45) is 0 Å². The quantitative estimate of drug-likeness (QED) is 0.179. The van der Waals surface area contributed by atoms with E-state index in [1.165, 1.54) is 27.9 Å². The van der Waals surface area contributed by atoms with Gasteiger partial charge in [0.15, 0.2) is 0 Å². The molecule has 46 heavy (non-hydrogen) atoms. The first-order valence-corrected chi connectivity index (χ1v) is 16.2. The van der Waals surface area contributed by atoms with Crippen LogP contribution >= 0.6 is 0 Å². The first-order valence-electron chi connectivity index (χ1n) is 16.2. The summed E-state index contributed by atoms with van der Waals surface area (Å²) in [4.78, 5) is 0. The van der Waals surface area contributed by atoms with E-state index in [4.69, 9.17) is 4.74 Å². The fraction of sp³-hybridized carbons (Fsp3) is 0.111. The molecule has 0 amide bonds. The molecule has 1 heteroatoms. The van der Waals surface area contributed by atoms with E-state index in [0.717, 1.165) is 33.4 Å². The predicted molar refractivity (Wildman–Crippen MR) is 191 cm³/mol. The number of hydrogen-bond donors (Lipinski definition) is 0. The second-order valence-corrected chi connectivity index (χ2v) is 12.6. The molecule has 6 aromatic carbocycles. The van der Waals surface area contributed by atoms with Crippen molar-refractivity contribution in [2.45, 2.75) is 31.0 Å². The third kappa shape index (κ3) is 4.20. The van der Waals surface area contributed by atoms with Crippen LogP contribution in [-0.4, -0.2) is 0 Å². The summed E-state index contributed by atoms with van der Waals surface area (Å²) in [5.74, 6) is 0.427. The van der Waals surface area contributed by atoms with Crippen LogP contribution in [0.3, 0.4) is 0 Å². The fourth-order valence-corrected chi connectivity index (χ4v) is 7.67. The van der Waals surface area contributed by atoms with Crippen molar-refractivity contribution < 1.29 is 4.74 Å². The standard InChI is InChI=1S/C45H36O/c1-32(2)33-28-30-39(31-29-33)45-42(36-22-12-5-13-23-36)40(34-18-8-3-9-19-34)44(46-45,38-26-16-7-17-27-38)41(35-20-10-4-11-21-35)43(45)37-24-14-6-15-25-37/h3-32H,1-2H3. The van der Waals surface area contributed by atoms with Gasteiger partial charge >= 0.3 is 0 Å². The average Bonchev–Trinajstić information content (AvgIpc) is 3.63. The van der Waals surface area contributed by atoms with E-state index in [-0.39, 0.29) is 0 Å². The van der Waals surface area contributed by atoms with Gasteiger partial charge in [0.1, 0.15) is 11.2 Å². The monoisotopic (exact) mass is 592 g/mol. The van der Waals surface area contributed by atoms with E-state index < -0.39 is 11.2 Å². The predicted octanol–water partition coefficient (Wildman–Crippen LogP) is 11.2. The summed E-state index contributed by atoms with van der Waals surface area (Å²) < 4.78 is 8.04. The van der Waals surface area contributed by atoms with Crippen molar-refractivity contribution in [1.29, 1.82) is 0 Å². The van der Waals surface area contributed by atoms with Crippen molar-refractivity contribution in [1.82, 2.24) is 0 Å². The number of fused-ring (bicyclic) bond motifs is 2. The Hall–Kier alpha value is -5.24. The lowest BCUT2D eigenvalue weighted by Crippen LogP contribution is -2.29. The van der Waals surface area contributed by atoms with Gasteiger partial charge in [0.2, 0.25) is 0 Å². The molecular weight excluding hydrogens is 556 g/mol. The number of hydrogen-bond acceptors (Lipinski definition) is 1. The molecule has 2 heterocycles.